The third-order valence-corrected chi connectivity index (χ3v) is 4.13. The molecule has 1 aromatic rings. The van der Waals surface area contributed by atoms with Gasteiger partial charge in [0.2, 0.25) is 0 Å². The molecule has 1 heterocycles. The summed E-state index contributed by atoms with van der Waals surface area (Å²) >= 11 is 0. The Bertz CT molecular complexity index is 373. The van der Waals surface area contributed by atoms with Gasteiger partial charge in [-0.2, -0.15) is 0 Å². The van der Waals surface area contributed by atoms with Gasteiger partial charge in [-0.25, -0.2) is 4.68 Å². The van der Waals surface area contributed by atoms with Gasteiger partial charge in [-0.05, 0) is 25.7 Å². The molecule has 0 amide bonds. The van der Waals surface area contributed by atoms with Crippen LogP contribution in [0.3, 0.4) is 0 Å². The zero-order valence-corrected chi connectivity index (χ0v) is 10.4. The van der Waals surface area contributed by atoms with Crippen molar-refractivity contribution in [1.82, 2.24) is 15.0 Å². The van der Waals surface area contributed by atoms with Crippen LogP contribution in [0.2, 0.25) is 0 Å². The minimum absolute atomic E-state index is 0.540. The van der Waals surface area contributed by atoms with E-state index >= 15 is 0 Å². The second kappa shape index (κ2) is 4.77. The quantitative estimate of drug-likeness (QED) is 0.817. The fourth-order valence-electron chi connectivity index (χ4n) is 3.04. The van der Waals surface area contributed by atoms with E-state index in [9.17, 15) is 0 Å². The first-order chi connectivity index (χ1) is 8.40. The molecule has 0 aliphatic heterocycles. The van der Waals surface area contributed by atoms with Crippen molar-refractivity contribution in [3.63, 3.8) is 0 Å². The highest BCUT2D eigenvalue weighted by Gasteiger charge is 2.31. The van der Waals surface area contributed by atoms with Crippen molar-refractivity contribution in [2.75, 3.05) is 0 Å². The molecule has 4 heteroatoms. The largest absolute Gasteiger partial charge is 0.325 e. The van der Waals surface area contributed by atoms with Crippen molar-refractivity contribution in [2.45, 2.75) is 69.9 Å². The van der Waals surface area contributed by atoms with E-state index in [1.54, 1.807) is 0 Å². The lowest BCUT2D eigenvalue weighted by Crippen LogP contribution is -2.11. The number of aromatic nitrogens is 3. The summed E-state index contributed by atoms with van der Waals surface area (Å²) in [6.07, 6.45) is 10.6. The van der Waals surface area contributed by atoms with E-state index in [-0.39, 0.29) is 0 Å². The lowest BCUT2D eigenvalue weighted by atomic mass is 9.94. The van der Waals surface area contributed by atoms with Gasteiger partial charge in [0.05, 0.1) is 17.4 Å². The molecule has 0 aromatic carbocycles. The molecule has 0 saturated heterocycles. The molecule has 17 heavy (non-hydrogen) atoms. The molecule has 2 fully saturated rings. The Hall–Kier alpha value is -0.900. The van der Waals surface area contributed by atoms with Crippen molar-refractivity contribution in [1.29, 1.82) is 0 Å². The van der Waals surface area contributed by atoms with Crippen LogP contribution in [0.15, 0.2) is 0 Å². The molecule has 2 N–H and O–H groups in total. The van der Waals surface area contributed by atoms with Gasteiger partial charge >= 0.3 is 0 Å². The Morgan fingerprint density at radius 1 is 1.06 bits per heavy atom. The van der Waals surface area contributed by atoms with Crippen LogP contribution < -0.4 is 5.73 Å². The van der Waals surface area contributed by atoms with Crippen LogP contribution >= 0.6 is 0 Å². The van der Waals surface area contributed by atoms with Crippen molar-refractivity contribution < 1.29 is 0 Å². The minimum Gasteiger partial charge on any atom is -0.325 e. The summed E-state index contributed by atoms with van der Waals surface area (Å²) in [4.78, 5) is 0. The van der Waals surface area contributed by atoms with Crippen LogP contribution in [0.25, 0.3) is 0 Å². The Morgan fingerprint density at radius 3 is 2.35 bits per heavy atom. The molecule has 2 aliphatic rings. The second-order valence-corrected chi connectivity index (χ2v) is 5.49. The van der Waals surface area contributed by atoms with E-state index in [0.717, 1.165) is 5.69 Å². The summed E-state index contributed by atoms with van der Waals surface area (Å²) in [6.45, 7) is 0.540. The van der Waals surface area contributed by atoms with E-state index in [4.69, 9.17) is 5.73 Å². The second-order valence-electron chi connectivity index (χ2n) is 5.49. The summed E-state index contributed by atoms with van der Waals surface area (Å²) < 4.78 is 2.19. The van der Waals surface area contributed by atoms with Crippen molar-refractivity contribution in [2.24, 2.45) is 5.73 Å². The van der Waals surface area contributed by atoms with Crippen molar-refractivity contribution >= 4 is 0 Å². The molecule has 2 saturated carbocycles. The van der Waals surface area contributed by atoms with Gasteiger partial charge in [0.15, 0.2) is 0 Å². The van der Waals surface area contributed by atoms with Gasteiger partial charge in [0, 0.05) is 12.5 Å². The van der Waals surface area contributed by atoms with Gasteiger partial charge in [0.25, 0.3) is 0 Å². The van der Waals surface area contributed by atoms with E-state index < -0.39 is 0 Å². The van der Waals surface area contributed by atoms with Crippen molar-refractivity contribution in [3.05, 3.63) is 11.4 Å². The zero-order valence-electron chi connectivity index (χ0n) is 10.4. The molecule has 0 bridgehead atoms. The first-order valence-corrected chi connectivity index (χ1v) is 7.04. The van der Waals surface area contributed by atoms with Gasteiger partial charge in [-0.1, -0.05) is 30.9 Å². The van der Waals surface area contributed by atoms with Crippen LogP contribution in [-0.2, 0) is 6.54 Å². The number of hydrogen-bond donors (Lipinski definition) is 1. The average molecular weight is 234 g/mol. The van der Waals surface area contributed by atoms with Crippen LogP contribution in [0.1, 0.15) is 74.7 Å². The Morgan fingerprint density at radius 2 is 1.76 bits per heavy atom. The first kappa shape index (κ1) is 11.2. The maximum absolute atomic E-state index is 5.81. The number of hydrogen-bond acceptors (Lipinski definition) is 3. The van der Waals surface area contributed by atoms with Crippen LogP contribution in [0.4, 0.5) is 0 Å². The molecule has 1 aromatic heterocycles. The summed E-state index contributed by atoms with van der Waals surface area (Å²) in [6, 6.07) is 0.626. The summed E-state index contributed by atoms with van der Waals surface area (Å²) in [7, 11) is 0. The van der Waals surface area contributed by atoms with Crippen LogP contribution in [0, 0.1) is 0 Å². The van der Waals surface area contributed by atoms with E-state index in [1.165, 1.54) is 57.1 Å². The van der Waals surface area contributed by atoms with Gasteiger partial charge < -0.3 is 5.73 Å². The third kappa shape index (κ3) is 2.23. The predicted molar refractivity (Wildman–Crippen MR) is 66.6 cm³/mol. The highest BCUT2D eigenvalue weighted by atomic mass is 15.5. The molecular formula is C13H22N4. The Balaban J connectivity index is 1.89. The predicted octanol–water partition coefficient (Wildman–Crippen LogP) is 2.51. The zero-order chi connectivity index (χ0) is 11.7. The van der Waals surface area contributed by atoms with Gasteiger partial charge in [-0.15, -0.1) is 5.10 Å². The third-order valence-electron chi connectivity index (χ3n) is 4.13. The van der Waals surface area contributed by atoms with E-state index in [2.05, 4.69) is 15.0 Å². The first-order valence-electron chi connectivity index (χ1n) is 7.04. The summed E-state index contributed by atoms with van der Waals surface area (Å²) in [5.41, 5.74) is 8.23. The molecule has 0 radical (unpaired) electrons. The van der Waals surface area contributed by atoms with E-state index in [1.807, 2.05) is 0 Å². The molecule has 0 atom stereocenters. The highest BCUT2D eigenvalue weighted by molar-refractivity contribution is 5.17. The molecule has 2 aliphatic carbocycles. The lowest BCUT2D eigenvalue weighted by molar-refractivity contribution is 0.503. The lowest BCUT2D eigenvalue weighted by Gasteiger charge is -2.16. The smallest absolute Gasteiger partial charge is 0.0997 e. The highest BCUT2D eigenvalue weighted by Crippen LogP contribution is 2.40. The minimum atomic E-state index is 0.540. The topological polar surface area (TPSA) is 56.7 Å². The molecule has 0 spiro atoms. The van der Waals surface area contributed by atoms with Crippen LogP contribution in [0.5, 0.6) is 0 Å². The SMILES string of the molecule is NCc1nnn(C2CC2)c1C1CCCCCC1. The van der Waals surface area contributed by atoms with Gasteiger partial charge in [0.1, 0.15) is 0 Å². The summed E-state index contributed by atoms with van der Waals surface area (Å²) in [5, 5.41) is 8.63. The summed E-state index contributed by atoms with van der Waals surface area (Å²) in [5.74, 6) is 0.659. The molecule has 94 valence electrons. The molecule has 3 rings (SSSR count). The average Bonchev–Trinajstić information content (AvgIpc) is 3.14. The van der Waals surface area contributed by atoms with Gasteiger partial charge in [-0.3, -0.25) is 0 Å². The fraction of sp³-hybridized carbons (Fsp3) is 0.846. The number of nitrogens with two attached hydrogens (primary N) is 1. The molecule has 0 unspecified atom stereocenters. The fourth-order valence-corrected chi connectivity index (χ4v) is 3.04. The monoisotopic (exact) mass is 234 g/mol. The molecular weight excluding hydrogens is 212 g/mol. The van der Waals surface area contributed by atoms with E-state index in [0.29, 0.717) is 18.5 Å². The number of rotatable bonds is 3. The Kier molecular flexibility index (Phi) is 3.14. The normalized spacial score (nSPS) is 22.6. The number of nitrogens with zero attached hydrogens (tertiary/aromatic N) is 3. The van der Waals surface area contributed by atoms with Crippen molar-refractivity contribution in [3.8, 4) is 0 Å². The maximum Gasteiger partial charge on any atom is 0.0997 e. The Labute approximate surface area is 103 Å². The molecule has 4 nitrogen and oxygen atoms in total. The standard InChI is InChI=1S/C13H22N4/c14-9-12-13(10-5-3-1-2-4-6-10)17(16-15-12)11-7-8-11/h10-11H,1-9,14H2. The van der Waals surface area contributed by atoms with Crippen LogP contribution in [-0.4, -0.2) is 15.0 Å². The maximum atomic E-state index is 5.81.